The molecule has 0 aliphatic rings. The molecule has 346 valence electrons. The van der Waals surface area contributed by atoms with Crippen LogP contribution in [0.4, 0.5) is 0 Å². The quantitative estimate of drug-likeness (QED) is 0.145. The first-order valence-corrected chi connectivity index (χ1v) is 25.2. The summed E-state index contributed by atoms with van der Waals surface area (Å²) in [5.74, 6) is 0. The molecule has 0 N–H and O–H groups in total. The molecule has 0 saturated heterocycles. The molecule has 0 atom stereocenters. The van der Waals surface area contributed by atoms with Gasteiger partial charge in [0.1, 0.15) is 0 Å². The minimum atomic E-state index is 0.938. The van der Waals surface area contributed by atoms with Gasteiger partial charge in [0.25, 0.3) is 0 Å². The first-order chi connectivity index (χ1) is 36.7. The van der Waals surface area contributed by atoms with E-state index in [9.17, 15) is 0 Å². The molecule has 0 unspecified atom stereocenters. The van der Waals surface area contributed by atoms with Crippen molar-refractivity contribution >= 4 is 43.6 Å². The Hall–Kier alpha value is -9.90. The van der Waals surface area contributed by atoms with Gasteiger partial charge in [0.15, 0.2) is 0 Å². The van der Waals surface area contributed by atoms with Crippen LogP contribution in [0.15, 0.2) is 279 Å². The van der Waals surface area contributed by atoms with Gasteiger partial charge < -0.3 is 9.13 Å². The molecule has 0 amide bonds. The summed E-state index contributed by atoms with van der Waals surface area (Å²) in [6.45, 7) is 0. The van der Waals surface area contributed by atoms with Crippen LogP contribution in [0.1, 0.15) is 0 Å². The molecule has 0 spiro atoms. The normalized spacial score (nSPS) is 11.5. The lowest BCUT2D eigenvalue weighted by molar-refractivity contribution is 1.18. The van der Waals surface area contributed by atoms with Crippen LogP contribution < -0.4 is 0 Å². The van der Waals surface area contributed by atoms with E-state index in [0.29, 0.717) is 0 Å². The van der Waals surface area contributed by atoms with Crippen molar-refractivity contribution in [3.8, 4) is 89.8 Å². The zero-order valence-electron chi connectivity index (χ0n) is 40.3. The van der Waals surface area contributed by atoms with Crippen LogP contribution in [0.25, 0.3) is 133 Å². The van der Waals surface area contributed by atoms with Gasteiger partial charge in [0.05, 0.1) is 44.8 Å². The number of nitrogens with zero attached hydrogens (tertiary/aromatic N) is 4. The largest absolute Gasteiger partial charge is 0.309 e. The van der Waals surface area contributed by atoms with Crippen LogP contribution in [0, 0.1) is 0 Å². The van der Waals surface area contributed by atoms with Crippen LogP contribution in [0.5, 0.6) is 0 Å². The number of hydrogen-bond acceptors (Lipinski definition) is 2. The van der Waals surface area contributed by atoms with Crippen LogP contribution in [-0.4, -0.2) is 19.1 Å². The van der Waals surface area contributed by atoms with E-state index in [-0.39, 0.29) is 0 Å². The molecule has 4 aromatic heterocycles. The zero-order valence-corrected chi connectivity index (χ0v) is 40.3. The number of hydrogen-bond donors (Lipinski definition) is 0. The Morgan fingerprint density at radius 3 is 0.838 bits per heavy atom. The highest BCUT2D eigenvalue weighted by molar-refractivity contribution is 6.12. The lowest BCUT2D eigenvalue weighted by atomic mass is 10.00. The van der Waals surface area contributed by atoms with E-state index in [1.54, 1.807) is 0 Å². The minimum Gasteiger partial charge on any atom is -0.309 e. The van der Waals surface area contributed by atoms with Crippen molar-refractivity contribution in [2.75, 3.05) is 0 Å². The van der Waals surface area contributed by atoms with E-state index in [1.807, 2.05) is 12.1 Å². The van der Waals surface area contributed by atoms with E-state index < -0.39 is 0 Å². The molecular weight excluding hydrogens is 897 g/mol. The fraction of sp³-hybridized carbons (Fsp3) is 0. The van der Waals surface area contributed by atoms with Crippen molar-refractivity contribution in [1.29, 1.82) is 0 Å². The molecule has 4 heteroatoms. The summed E-state index contributed by atoms with van der Waals surface area (Å²) in [6, 6.07) is 100. The number of benzene rings is 10. The third kappa shape index (κ3) is 7.65. The van der Waals surface area contributed by atoms with Gasteiger partial charge in [-0.25, -0.2) is 9.97 Å². The van der Waals surface area contributed by atoms with Gasteiger partial charge in [-0.3, -0.25) is 0 Å². The second-order valence-electron chi connectivity index (χ2n) is 19.0. The second kappa shape index (κ2) is 18.1. The molecule has 0 aliphatic carbocycles. The Balaban J connectivity index is 0.852. The molecule has 74 heavy (non-hydrogen) atoms. The molecule has 10 aromatic carbocycles. The maximum Gasteiger partial charge on any atom is 0.0715 e. The van der Waals surface area contributed by atoms with Crippen molar-refractivity contribution in [2.24, 2.45) is 0 Å². The van der Waals surface area contributed by atoms with E-state index in [0.717, 1.165) is 101 Å². The van der Waals surface area contributed by atoms with Crippen molar-refractivity contribution < 1.29 is 0 Å². The lowest BCUT2D eigenvalue weighted by Crippen LogP contribution is -1.96. The van der Waals surface area contributed by atoms with E-state index in [2.05, 4.69) is 276 Å². The number of rotatable bonds is 9. The third-order valence-corrected chi connectivity index (χ3v) is 14.5. The summed E-state index contributed by atoms with van der Waals surface area (Å²) in [4.78, 5) is 10.5. The minimum absolute atomic E-state index is 0.938. The highest BCUT2D eigenvalue weighted by Gasteiger charge is 2.18. The second-order valence-corrected chi connectivity index (χ2v) is 19.0. The zero-order chi connectivity index (χ0) is 49.0. The SMILES string of the molecule is c1ccc(-c2cc(-c3ccccc3)nc(-c3ccc(-n4c5ccccc5c5ccc(-c6ccc7c8ccccc8n(-c8ccc(-c9cc(-c%10ccccc%10)cc(-c%10ccccc%10)n9)cc8)c7c6)cc54)cc3)c2)cc1. The maximum atomic E-state index is 5.23. The van der Waals surface area contributed by atoms with Gasteiger partial charge >= 0.3 is 0 Å². The molecule has 4 nitrogen and oxygen atoms in total. The van der Waals surface area contributed by atoms with Gasteiger partial charge in [-0.05, 0) is 106 Å². The molecular formula is C70H46N4. The monoisotopic (exact) mass is 942 g/mol. The smallest absolute Gasteiger partial charge is 0.0715 e. The van der Waals surface area contributed by atoms with E-state index in [4.69, 9.17) is 9.97 Å². The summed E-state index contributed by atoms with van der Waals surface area (Å²) < 4.78 is 4.82. The Morgan fingerprint density at radius 2 is 0.473 bits per heavy atom. The molecule has 0 aliphatic heterocycles. The van der Waals surface area contributed by atoms with Crippen LogP contribution >= 0.6 is 0 Å². The summed E-state index contributed by atoms with van der Waals surface area (Å²) in [5.41, 5.74) is 21.8. The Kier molecular flexibility index (Phi) is 10.5. The van der Waals surface area contributed by atoms with E-state index in [1.165, 1.54) is 32.6 Å². The fourth-order valence-corrected chi connectivity index (χ4v) is 10.9. The van der Waals surface area contributed by atoms with Crippen LogP contribution in [-0.2, 0) is 0 Å². The highest BCUT2D eigenvalue weighted by Crippen LogP contribution is 2.40. The third-order valence-electron chi connectivity index (χ3n) is 14.5. The Labute approximate surface area is 429 Å². The van der Waals surface area contributed by atoms with Gasteiger partial charge in [0, 0.05) is 55.2 Å². The average Bonchev–Trinajstić information content (AvgIpc) is 4.00. The number of aromatic nitrogens is 4. The summed E-state index contributed by atoms with van der Waals surface area (Å²) >= 11 is 0. The van der Waals surface area contributed by atoms with Gasteiger partial charge in [-0.15, -0.1) is 0 Å². The van der Waals surface area contributed by atoms with Crippen LogP contribution in [0.3, 0.4) is 0 Å². The summed E-state index contributed by atoms with van der Waals surface area (Å²) in [5, 5.41) is 4.88. The number of para-hydroxylation sites is 2. The molecule has 14 rings (SSSR count). The van der Waals surface area contributed by atoms with Crippen molar-refractivity contribution in [3.63, 3.8) is 0 Å². The van der Waals surface area contributed by atoms with Crippen molar-refractivity contribution in [2.45, 2.75) is 0 Å². The molecule has 0 radical (unpaired) electrons. The first-order valence-electron chi connectivity index (χ1n) is 25.2. The maximum absolute atomic E-state index is 5.23. The lowest BCUT2D eigenvalue weighted by Gasteiger charge is -2.13. The van der Waals surface area contributed by atoms with Crippen molar-refractivity contribution in [1.82, 2.24) is 19.1 Å². The first kappa shape index (κ1) is 42.9. The van der Waals surface area contributed by atoms with Gasteiger partial charge in [-0.2, -0.15) is 0 Å². The van der Waals surface area contributed by atoms with Gasteiger partial charge in [-0.1, -0.05) is 206 Å². The average molecular weight is 943 g/mol. The molecule has 0 saturated carbocycles. The summed E-state index contributed by atoms with van der Waals surface area (Å²) in [7, 11) is 0. The summed E-state index contributed by atoms with van der Waals surface area (Å²) in [6.07, 6.45) is 0. The fourth-order valence-electron chi connectivity index (χ4n) is 10.9. The van der Waals surface area contributed by atoms with Crippen molar-refractivity contribution in [3.05, 3.63) is 279 Å². The molecule has 4 heterocycles. The molecule has 0 bridgehead atoms. The van der Waals surface area contributed by atoms with Gasteiger partial charge in [0.2, 0.25) is 0 Å². The van der Waals surface area contributed by atoms with E-state index >= 15 is 0 Å². The predicted molar refractivity (Wildman–Crippen MR) is 309 cm³/mol. The number of fused-ring (bicyclic) bond motifs is 6. The molecule has 14 aromatic rings. The number of pyridine rings is 2. The highest BCUT2D eigenvalue weighted by atomic mass is 15.0. The molecule has 0 fully saturated rings. The Morgan fingerprint density at radius 1 is 0.189 bits per heavy atom. The standard InChI is InChI=1S/C70H46N4/c1-5-17-47(18-6-1)55-41-63(49-21-9-3-10-22-49)71-65(43-55)51-29-35-57(36-30-51)73-67-27-15-13-25-59(67)61-39-33-53(45-69(61)73)54-34-40-62-60-26-14-16-28-68(60)74(70(62)46-54)58-37-31-52(32-38-58)66-44-56(48-19-7-2-8-20-48)42-64(72-66)50-23-11-4-12-24-50/h1-46H. The topological polar surface area (TPSA) is 35.6 Å². The van der Waals surface area contributed by atoms with Crippen LogP contribution in [0.2, 0.25) is 0 Å². The predicted octanol–water partition coefficient (Wildman–Crippen LogP) is 18.3. The Bertz CT molecular complexity index is 3970.